The number of rotatable bonds is 8. The molecule has 2 rings (SSSR count). The van der Waals surface area contributed by atoms with Gasteiger partial charge in [-0.05, 0) is 37.3 Å². The van der Waals surface area contributed by atoms with E-state index in [1.54, 1.807) is 0 Å². The van der Waals surface area contributed by atoms with E-state index in [0.29, 0.717) is 5.69 Å². The number of carbonyl (C=O) groups is 2. The number of hydrogen-bond acceptors (Lipinski definition) is 5. The third-order valence-corrected chi connectivity index (χ3v) is 5.42. The molecule has 0 aliphatic rings. The zero-order valence-corrected chi connectivity index (χ0v) is 17.3. The first-order chi connectivity index (χ1) is 14.4. The van der Waals surface area contributed by atoms with Crippen molar-refractivity contribution < 1.29 is 35.9 Å². The maximum absolute atomic E-state index is 12.5. The SMILES string of the molecule is CC(=O)Nc1ccc(S(=O)(=O)N[C@@H](C)C(=O)NCc2ccccc2OC(F)(F)F)cc1. The van der Waals surface area contributed by atoms with Crippen LogP contribution in [0.1, 0.15) is 19.4 Å². The molecule has 12 heteroatoms. The number of halogens is 3. The van der Waals surface area contributed by atoms with Gasteiger partial charge in [-0.1, -0.05) is 18.2 Å². The van der Waals surface area contributed by atoms with Crippen molar-refractivity contribution in [1.29, 1.82) is 0 Å². The molecule has 0 saturated carbocycles. The number of nitrogens with one attached hydrogen (secondary N) is 3. The summed E-state index contributed by atoms with van der Waals surface area (Å²) < 4.78 is 68.4. The molecule has 3 N–H and O–H groups in total. The Labute approximate surface area is 176 Å². The van der Waals surface area contributed by atoms with Crippen molar-refractivity contribution in [2.75, 3.05) is 5.32 Å². The molecule has 31 heavy (non-hydrogen) atoms. The highest BCUT2D eigenvalue weighted by Gasteiger charge is 2.32. The second-order valence-corrected chi connectivity index (χ2v) is 8.14. The summed E-state index contributed by atoms with van der Waals surface area (Å²) in [6.45, 7) is 2.29. The highest BCUT2D eigenvalue weighted by Crippen LogP contribution is 2.26. The zero-order chi connectivity index (χ0) is 23.2. The van der Waals surface area contributed by atoms with Crippen LogP contribution in [-0.4, -0.2) is 32.6 Å². The highest BCUT2D eigenvalue weighted by atomic mass is 32.2. The van der Waals surface area contributed by atoms with E-state index in [4.69, 9.17) is 0 Å². The van der Waals surface area contributed by atoms with Gasteiger partial charge in [-0.2, -0.15) is 4.72 Å². The van der Waals surface area contributed by atoms with Crippen molar-refractivity contribution in [3.63, 3.8) is 0 Å². The van der Waals surface area contributed by atoms with Crippen LogP contribution in [0.5, 0.6) is 5.75 Å². The lowest BCUT2D eigenvalue weighted by atomic mass is 10.2. The van der Waals surface area contributed by atoms with Gasteiger partial charge in [-0.25, -0.2) is 8.42 Å². The molecule has 2 aromatic carbocycles. The fourth-order valence-corrected chi connectivity index (χ4v) is 3.69. The third kappa shape index (κ3) is 7.57. The molecule has 0 spiro atoms. The lowest BCUT2D eigenvalue weighted by Crippen LogP contribution is -2.44. The highest BCUT2D eigenvalue weighted by molar-refractivity contribution is 7.89. The average Bonchev–Trinajstić information content (AvgIpc) is 2.65. The number of ether oxygens (including phenoxy) is 1. The molecule has 0 fully saturated rings. The van der Waals surface area contributed by atoms with E-state index in [2.05, 4.69) is 20.1 Å². The van der Waals surface area contributed by atoms with Crippen LogP contribution in [0.25, 0.3) is 0 Å². The Balaban J connectivity index is 2.00. The molecule has 168 valence electrons. The molecule has 0 aromatic heterocycles. The number of benzene rings is 2. The maximum atomic E-state index is 12.5. The van der Waals surface area contributed by atoms with E-state index in [1.807, 2.05) is 0 Å². The van der Waals surface area contributed by atoms with Crippen LogP contribution in [-0.2, 0) is 26.2 Å². The van der Waals surface area contributed by atoms with Crippen LogP contribution in [0.2, 0.25) is 0 Å². The van der Waals surface area contributed by atoms with Gasteiger partial charge in [0.1, 0.15) is 5.75 Å². The van der Waals surface area contributed by atoms with Gasteiger partial charge in [0.25, 0.3) is 0 Å². The minimum absolute atomic E-state index is 0.0665. The minimum atomic E-state index is -4.89. The normalized spacial score (nSPS) is 12.7. The predicted molar refractivity (Wildman–Crippen MR) is 106 cm³/mol. The number of carbonyl (C=O) groups excluding carboxylic acids is 2. The summed E-state index contributed by atoms with van der Waals surface area (Å²) in [4.78, 5) is 23.1. The summed E-state index contributed by atoms with van der Waals surface area (Å²) in [5.41, 5.74) is 0.466. The molecular formula is C19H20F3N3O5S. The Morgan fingerprint density at radius 3 is 2.26 bits per heavy atom. The molecule has 2 amide bonds. The van der Waals surface area contributed by atoms with E-state index in [0.717, 1.165) is 6.07 Å². The van der Waals surface area contributed by atoms with Gasteiger partial charge in [0.05, 0.1) is 10.9 Å². The predicted octanol–water partition coefficient (Wildman–Crippen LogP) is 2.53. The third-order valence-electron chi connectivity index (χ3n) is 3.86. The van der Waals surface area contributed by atoms with Crippen LogP contribution < -0.4 is 20.1 Å². The summed E-state index contributed by atoms with van der Waals surface area (Å²) >= 11 is 0. The van der Waals surface area contributed by atoms with Gasteiger partial charge in [-0.3, -0.25) is 9.59 Å². The summed E-state index contributed by atoms with van der Waals surface area (Å²) in [5, 5.41) is 4.86. The second-order valence-electron chi connectivity index (χ2n) is 6.42. The van der Waals surface area contributed by atoms with Gasteiger partial charge in [0.15, 0.2) is 0 Å². The van der Waals surface area contributed by atoms with Crippen molar-refractivity contribution in [2.45, 2.75) is 37.7 Å². The molecule has 0 saturated heterocycles. The first-order valence-electron chi connectivity index (χ1n) is 8.89. The molecule has 0 aliphatic heterocycles. The van der Waals surface area contributed by atoms with Gasteiger partial charge in [-0.15, -0.1) is 13.2 Å². The first-order valence-corrected chi connectivity index (χ1v) is 10.4. The number of hydrogen-bond donors (Lipinski definition) is 3. The van der Waals surface area contributed by atoms with E-state index < -0.39 is 34.1 Å². The monoisotopic (exact) mass is 459 g/mol. The topological polar surface area (TPSA) is 114 Å². The van der Waals surface area contributed by atoms with Gasteiger partial charge in [0.2, 0.25) is 21.8 Å². The Kier molecular flexibility index (Phi) is 7.63. The van der Waals surface area contributed by atoms with Gasteiger partial charge < -0.3 is 15.4 Å². The van der Waals surface area contributed by atoms with Crippen molar-refractivity contribution >= 4 is 27.5 Å². The quantitative estimate of drug-likeness (QED) is 0.562. The van der Waals surface area contributed by atoms with Crippen LogP contribution >= 0.6 is 0 Å². The smallest absolute Gasteiger partial charge is 0.405 e. The summed E-state index contributed by atoms with van der Waals surface area (Å²) in [6.07, 6.45) is -4.89. The Morgan fingerprint density at radius 1 is 1.06 bits per heavy atom. The number of sulfonamides is 1. The van der Waals surface area contributed by atoms with Crippen LogP contribution in [0, 0.1) is 0 Å². The Hall–Kier alpha value is -3.12. The van der Waals surface area contributed by atoms with E-state index in [-0.39, 0.29) is 22.9 Å². The Morgan fingerprint density at radius 2 is 1.68 bits per heavy atom. The van der Waals surface area contributed by atoms with E-state index in [9.17, 15) is 31.2 Å². The molecule has 8 nitrogen and oxygen atoms in total. The molecular weight excluding hydrogens is 439 g/mol. The lowest BCUT2D eigenvalue weighted by Gasteiger charge is -2.16. The van der Waals surface area contributed by atoms with Crippen molar-refractivity contribution in [1.82, 2.24) is 10.0 Å². The first kappa shape index (κ1) is 24.2. The zero-order valence-electron chi connectivity index (χ0n) is 16.5. The average molecular weight is 459 g/mol. The second kappa shape index (κ2) is 9.79. The largest absolute Gasteiger partial charge is 0.573 e. The van der Waals surface area contributed by atoms with Crippen LogP contribution in [0.4, 0.5) is 18.9 Å². The standard InChI is InChI=1S/C19H20F3N3O5S/c1-12(25-31(28,29)16-9-7-15(8-10-16)24-13(2)26)18(27)23-11-14-5-3-4-6-17(14)30-19(20,21)22/h3-10,12,25H,11H2,1-2H3,(H,23,27)(H,24,26)/t12-/m0/s1. The Bertz CT molecular complexity index is 1040. The van der Waals surface area contributed by atoms with Crippen molar-refractivity contribution in [3.8, 4) is 5.75 Å². The maximum Gasteiger partial charge on any atom is 0.573 e. The van der Waals surface area contributed by atoms with E-state index in [1.165, 1.54) is 56.3 Å². The molecule has 0 aliphatic carbocycles. The number of para-hydroxylation sites is 1. The molecule has 0 heterocycles. The minimum Gasteiger partial charge on any atom is -0.405 e. The van der Waals surface area contributed by atoms with Crippen molar-refractivity contribution in [2.24, 2.45) is 0 Å². The fourth-order valence-electron chi connectivity index (χ4n) is 2.48. The van der Waals surface area contributed by atoms with E-state index >= 15 is 0 Å². The van der Waals surface area contributed by atoms with Gasteiger partial charge >= 0.3 is 6.36 Å². The van der Waals surface area contributed by atoms with Crippen LogP contribution in [0.3, 0.4) is 0 Å². The molecule has 2 aromatic rings. The summed E-state index contributed by atoms with van der Waals surface area (Å²) in [5.74, 6) is -1.54. The molecule has 0 radical (unpaired) electrons. The fraction of sp³-hybridized carbons (Fsp3) is 0.263. The number of amides is 2. The molecule has 0 bridgehead atoms. The summed E-state index contributed by atoms with van der Waals surface area (Å²) in [6, 6.07) is 9.33. The lowest BCUT2D eigenvalue weighted by molar-refractivity contribution is -0.274. The van der Waals surface area contributed by atoms with Gasteiger partial charge in [0, 0.05) is 24.7 Å². The number of anilines is 1. The van der Waals surface area contributed by atoms with Crippen molar-refractivity contribution in [3.05, 3.63) is 54.1 Å². The molecule has 0 unspecified atom stereocenters. The van der Waals surface area contributed by atoms with Crippen LogP contribution in [0.15, 0.2) is 53.4 Å². The molecule has 1 atom stereocenters. The summed E-state index contributed by atoms with van der Waals surface area (Å²) in [7, 11) is -4.06. The number of alkyl halides is 3.